The largest absolute Gasteiger partial charge is 0.507 e. The molecule has 3 aliphatic rings. The number of benzene rings is 2. The number of fused-ring (bicyclic) bond motifs is 4. The van der Waals surface area contributed by atoms with E-state index in [4.69, 9.17) is 18.6 Å². The van der Waals surface area contributed by atoms with Gasteiger partial charge in [0.1, 0.15) is 29.3 Å². The number of ether oxygens (including phenoxy) is 3. The quantitative estimate of drug-likeness (QED) is 0.188. The zero-order valence-corrected chi connectivity index (χ0v) is 26.6. The topological polar surface area (TPSA) is 136 Å². The van der Waals surface area contributed by atoms with Crippen molar-refractivity contribution in [1.29, 1.82) is 0 Å². The molecule has 2 fully saturated rings. The van der Waals surface area contributed by atoms with Gasteiger partial charge in [0.05, 0.1) is 34.3 Å². The molecule has 3 aromatic rings. The lowest BCUT2D eigenvalue weighted by molar-refractivity contribution is -0.201. The summed E-state index contributed by atoms with van der Waals surface area (Å²) in [5.74, 6) is -1.66. The second-order valence-corrected chi connectivity index (χ2v) is 12.9. The van der Waals surface area contributed by atoms with Crippen molar-refractivity contribution in [3.63, 3.8) is 0 Å². The number of nitrogens with zero attached hydrogens (tertiary/aromatic N) is 1. The molecule has 2 aromatic carbocycles. The molecule has 1 aliphatic carbocycles. The average Bonchev–Trinajstić information content (AvgIpc) is 3.63. The van der Waals surface area contributed by atoms with Crippen molar-refractivity contribution in [3.05, 3.63) is 85.8 Å². The zero-order valence-electron chi connectivity index (χ0n) is 26.6. The van der Waals surface area contributed by atoms with Crippen molar-refractivity contribution in [2.75, 3.05) is 14.1 Å². The minimum absolute atomic E-state index is 0.01000. The van der Waals surface area contributed by atoms with Crippen LogP contribution in [0.1, 0.15) is 95.9 Å². The highest BCUT2D eigenvalue weighted by atomic mass is 16.6. The maximum absolute atomic E-state index is 14.3. The van der Waals surface area contributed by atoms with Gasteiger partial charge in [-0.1, -0.05) is 18.2 Å². The number of aryl methyl sites for hydroxylation is 1. The van der Waals surface area contributed by atoms with E-state index >= 15 is 0 Å². The second-order valence-electron chi connectivity index (χ2n) is 12.9. The van der Waals surface area contributed by atoms with Crippen LogP contribution in [0.2, 0.25) is 0 Å². The molecule has 6 atom stereocenters. The van der Waals surface area contributed by atoms with Gasteiger partial charge in [0.15, 0.2) is 16.8 Å². The summed E-state index contributed by atoms with van der Waals surface area (Å²) in [5.41, 5.74) is -1.22. The Bertz CT molecular complexity index is 1890. The molecule has 3 heterocycles. The minimum Gasteiger partial charge on any atom is -0.507 e. The van der Waals surface area contributed by atoms with E-state index < -0.39 is 47.0 Å². The van der Waals surface area contributed by atoms with E-state index in [1.54, 1.807) is 26.8 Å². The molecule has 10 nitrogen and oxygen atoms in total. The van der Waals surface area contributed by atoms with Gasteiger partial charge >= 0.3 is 5.97 Å². The first-order valence-electron chi connectivity index (χ1n) is 15.0. The van der Waals surface area contributed by atoms with Gasteiger partial charge in [-0.15, -0.1) is 0 Å². The first-order chi connectivity index (χ1) is 21.1. The Labute approximate surface area is 260 Å². The molecular formula is C35H37NO9. The molecule has 236 valence electrons. The maximum atomic E-state index is 14.3. The molecule has 0 radical (unpaired) electrons. The van der Waals surface area contributed by atoms with Crippen LogP contribution in [0, 0.1) is 6.92 Å². The van der Waals surface area contributed by atoms with Crippen LogP contribution in [-0.4, -0.2) is 65.5 Å². The number of allylic oxidation sites excluding steroid dienone is 1. The Morgan fingerprint density at radius 3 is 2.44 bits per heavy atom. The number of phenolic OH excluding ortho intramolecular Hbond substituents is 1. The molecule has 2 aliphatic heterocycles. The van der Waals surface area contributed by atoms with Gasteiger partial charge in [0, 0.05) is 29.7 Å². The number of carbonyl (C=O) groups is 3. The predicted molar refractivity (Wildman–Crippen MR) is 165 cm³/mol. The van der Waals surface area contributed by atoms with E-state index in [0.717, 1.165) is 0 Å². The molecule has 0 bridgehead atoms. The van der Waals surface area contributed by atoms with Crippen molar-refractivity contribution in [1.82, 2.24) is 4.90 Å². The number of carbonyl (C=O) groups excluding carboxylic acids is 3. The van der Waals surface area contributed by atoms with Gasteiger partial charge in [-0.05, 0) is 72.8 Å². The summed E-state index contributed by atoms with van der Waals surface area (Å²) in [5, 5.41) is 11.9. The van der Waals surface area contributed by atoms with Crippen LogP contribution in [0.4, 0.5) is 0 Å². The van der Waals surface area contributed by atoms with E-state index in [2.05, 4.69) is 0 Å². The number of phenols is 1. The summed E-state index contributed by atoms with van der Waals surface area (Å²) in [6.45, 7) is 10.4. The molecule has 45 heavy (non-hydrogen) atoms. The Morgan fingerprint density at radius 2 is 1.80 bits per heavy atom. The van der Waals surface area contributed by atoms with Gasteiger partial charge in [0.2, 0.25) is 5.78 Å². The fraction of sp³-hybridized carbons (Fsp3) is 0.429. The number of epoxide rings is 1. The smallest absolute Gasteiger partial charge is 0.303 e. The monoisotopic (exact) mass is 615 g/mol. The van der Waals surface area contributed by atoms with Crippen molar-refractivity contribution >= 4 is 28.5 Å². The lowest BCUT2D eigenvalue weighted by Gasteiger charge is -2.50. The molecule has 1 aromatic heterocycles. The average molecular weight is 616 g/mol. The molecule has 0 saturated carbocycles. The molecule has 10 heteroatoms. The number of aromatic hydroxyl groups is 1. The van der Waals surface area contributed by atoms with Crippen LogP contribution in [-0.2, 0) is 24.6 Å². The number of esters is 1. The number of hydrogen-bond donors (Lipinski definition) is 1. The minimum atomic E-state index is -0.899. The van der Waals surface area contributed by atoms with E-state index in [9.17, 15) is 24.3 Å². The van der Waals surface area contributed by atoms with Crippen molar-refractivity contribution in [3.8, 4) is 5.75 Å². The molecule has 6 rings (SSSR count). The van der Waals surface area contributed by atoms with E-state index in [-0.39, 0.29) is 56.3 Å². The number of ketones is 2. The SMILES string of the molecule is C/C=C\C1OC1(C)c1cc(=O)c2c(C)cc3c(c2o1)C(=O)c1c(ccc(C2CC(C)(N(C)C)C(OC(C)=O)C(C)O2)c1O)C3=O. The number of rotatable bonds is 5. The van der Waals surface area contributed by atoms with Gasteiger partial charge in [0.25, 0.3) is 0 Å². The fourth-order valence-electron chi connectivity index (χ4n) is 6.95. The molecule has 0 spiro atoms. The fourth-order valence-corrected chi connectivity index (χ4v) is 6.95. The van der Waals surface area contributed by atoms with Crippen LogP contribution < -0.4 is 5.43 Å². The van der Waals surface area contributed by atoms with Gasteiger partial charge in [-0.3, -0.25) is 19.2 Å². The normalized spacial score (nSPS) is 29.3. The van der Waals surface area contributed by atoms with Gasteiger partial charge in [-0.2, -0.15) is 0 Å². The maximum Gasteiger partial charge on any atom is 0.303 e. The highest BCUT2D eigenvalue weighted by Crippen LogP contribution is 2.49. The second kappa shape index (κ2) is 10.5. The van der Waals surface area contributed by atoms with Crippen LogP contribution in [0.5, 0.6) is 5.75 Å². The number of likely N-dealkylation sites (N-methyl/N-ethyl adjacent to an activating group) is 1. The van der Waals surface area contributed by atoms with Crippen LogP contribution in [0.3, 0.4) is 0 Å². The Balaban J connectivity index is 1.48. The summed E-state index contributed by atoms with van der Waals surface area (Å²) in [4.78, 5) is 55.5. The van der Waals surface area contributed by atoms with Crippen LogP contribution in [0.25, 0.3) is 11.0 Å². The van der Waals surface area contributed by atoms with Gasteiger partial charge in [-0.25, -0.2) is 0 Å². The predicted octanol–water partition coefficient (Wildman–Crippen LogP) is 4.87. The van der Waals surface area contributed by atoms with E-state index in [1.165, 1.54) is 25.1 Å². The number of hydrogen-bond acceptors (Lipinski definition) is 10. The Kier molecular flexibility index (Phi) is 7.19. The van der Waals surface area contributed by atoms with Gasteiger partial charge < -0.3 is 28.6 Å². The first kappa shape index (κ1) is 30.9. The summed E-state index contributed by atoms with van der Waals surface area (Å²) in [7, 11) is 3.75. The summed E-state index contributed by atoms with van der Waals surface area (Å²) in [6.07, 6.45) is 1.88. The third-order valence-electron chi connectivity index (χ3n) is 9.74. The standard InChI is InChI=1S/C35H37NO9/c1-9-10-24-35(6,45-24)25-14-22(38)26-16(2)13-21-28(32(26)44-25)31(41)27-20(29(21)39)12-11-19(30(27)40)23-15-34(5,36(7)8)33(17(3)42-23)43-18(4)37/h9-14,17,23-24,33,40H,15H2,1-8H3/b10-9-. The Morgan fingerprint density at radius 1 is 1.09 bits per heavy atom. The van der Waals surface area contributed by atoms with E-state index in [0.29, 0.717) is 17.5 Å². The Hall–Kier alpha value is -4.12. The molecule has 2 saturated heterocycles. The van der Waals surface area contributed by atoms with Crippen molar-refractivity contribution < 1.29 is 38.1 Å². The van der Waals surface area contributed by atoms with E-state index in [1.807, 2.05) is 45.0 Å². The summed E-state index contributed by atoms with van der Waals surface area (Å²) in [6, 6.07) is 6.03. The summed E-state index contributed by atoms with van der Waals surface area (Å²) >= 11 is 0. The van der Waals surface area contributed by atoms with Crippen molar-refractivity contribution in [2.24, 2.45) is 0 Å². The van der Waals surface area contributed by atoms with Crippen molar-refractivity contribution in [2.45, 2.75) is 83.5 Å². The molecule has 1 N–H and O–H groups in total. The molecular weight excluding hydrogens is 578 g/mol. The summed E-state index contributed by atoms with van der Waals surface area (Å²) < 4.78 is 24.0. The third kappa shape index (κ3) is 4.57. The highest BCUT2D eigenvalue weighted by Gasteiger charge is 2.55. The molecule has 0 amide bonds. The lowest BCUT2D eigenvalue weighted by Crippen LogP contribution is -2.61. The van der Waals surface area contributed by atoms with Crippen LogP contribution in [0.15, 0.2) is 45.6 Å². The lowest BCUT2D eigenvalue weighted by atomic mass is 9.77. The van der Waals surface area contributed by atoms with Crippen LogP contribution >= 0.6 is 0 Å². The zero-order chi connectivity index (χ0) is 32.7. The highest BCUT2D eigenvalue weighted by molar-refractivity contribution is 6.32. The molecule has 6 unspecified atom stereocenters. The third-order valence-corrected chi connectivity index (χ3v) is 9.74. The first-order valence-corrected chi connectivity index (χ1v) is 15.0.